The zero-order valence-corrected chi connectivity index (χ0v) is 15.6. The zero-order chi connectivity index (χ0) is 18.2. The molecule has 0 spiro atoms. The van der Waals surface area contributed by atoms with Crippen LogP contribution in [0.15, 0.2) is 18.2 Å². The van der Waals surface area contributed by atoms with E-state index in [0.29, 0.717) is 26.3 Å². The Morgan fingerprint density at radius 3 is 2.62 bits per heavy atom. The molecule has 1 aromatic rings. The van der Waals surface area contributed by atoms with E-state index in [4.69, 9.17) is 9.47 Å². The van der Waals surface area contributed by atoms with Gasteiger partial charge in [0, 0.05) is 39.3 Å². The van der Waals surface area contributed by atoms with Gasteiger partial charge >= 0.3 is 6.03 Å². The quantitative estimate of drug-likeness (QED) is 0.716. The molecule has 2 heterocycles. The van der Waals surface area contributed by atoms with Crippen molar-refractivity contribution in [3.05, 3.63) is 23.8 Å². The van der Waals surface area contributed by atoms with E-state index in [-0.39, 0.29) is 6.03 Å². The molecule has 1 aromatic carbocycles. The van der Waals surface area contributed by atoms with Crippen LogP contribution in [0.4, 0.5) is 4.79 Å². The number of fused-ring (bicyclic) bond motifs is 1. The summed E-state index contributed by atoms with van der Waals surface area (Å²) in [5.74, 6) is 1.52. The van der Waals surface area contributed by atoms with E-state index >= 15 is 0 Å². The third kappa shape index (κ3) is 5.78. The van der Waals surface area contributed by atoms with Gasteiger partial charge in [0.05, 0.1) is 0 Å². The molecule has 0 atom stereocenters. The number of likely N-dealkylation sites (N-methyl/N-ethyl adjacent to an activating group) is 1. The number of hydrogen-bond donors (Lipinski definition) is 2. The van der Waals surface area contributed by atoms with E-state index in [9.17, 15) is 4.79 Å². The van der Waals surface area contributed by atoms with Gasteiger partial charge in [-0.1, -0.05) is 6.07 Å². The molecule has 1 saturated heterocycles. The molecule has 0 saturated carbocycles. The highest BCUT2D eigenvalue weighted by Gasteiger charge is 2.13. The van der Waals surface area contributed by atoms with E-state index in [0.717, 1.165) is 62.6 Å². The van der Waals surface area contributed by atoms with Crippen LogP contribution in [-0.4, -0.2) is 75.4 Å². The van der Waals surface area contributed by atoms with Crippen LogP contribution in [0.25, 0.3) is 0 Å². The first-order valence-electron chi connectivity index (χ1n) is 9.52. The number of carbonyl (C=O) groups is 1. The van der Waals surface area contributed by atoms with Gasteiger partial charge < -0.3 is 29.9 Å². The van der Waals surface area contributed by atoms with Crippen LogP contribution in [0.1, 0.15) is 18.4 Å². The van der Waals surface area contributed by atoms with Crippen molar-refractivity contribution in [2.75, 3.05) is 59.5 Å². The van der Waals surface area contributed by atoms with E-state index in [2.05, 4.69) is 27.5 Å². The van der Waals surface area contributed by atoms with Gasteiger partial charge in [-0.05, 0) is 44.1 Å². The third-order valence-corrected chi connectivity index (χ3v) is 4.84. The molecule has 7 heteroatoms. The zero-order valence-electron chi connectivity index (χ0n) is 15.6. The lowest BCUT2D eigenvalue weighted by atomic mass is 10.2. The van der Waals surface area contributed by atoms with E-state index < -0.39 is 0 Å². The number of piperazine rings is 1. The van der Waals surface area contributed by atoms with Crippen molar-refractivity contribution in [3.63, 3.8) is 0 Å². The Morgan fingerprint density at radius 2 is 1.81 bits per heavy atom. The first kappa shape index (κ1) is 18.8. The Bertz CT molecular complexity index is 588. The fourth-order valence-corrected chi connectivity index (χ4v) is 3.18. The van der Waals surface area contributed by atoms with E-state index in [1.54, 1.807) is 0 Å². The molecule has 0 bridgehead atoms. The molecule has 26 heavy (non-hydrogen) atoms. The second-order valence-corrected chi connectivity index (χ2v) is 6.94. The molecule has 1 fully saturated rings. The van der Waals surface area contributed by atoms with Crippen LogP contribution in [0.5, 0.6) is 11.5 Å². The standard InChI is InChI=1S/C19H30N4O3/c1-22-8-10-23(11-9-22)7-3-2-6-20-19(24)21-15-16-4-5-17-18(14-16)26-13-12-25-17/h4-5,14H,2-3,6-13,15H2,1H3,(H2,20,21,24). The van der Waals surface area contributed by atoms with Crippen LogP contribution in [-0.2, 0) is 6.54 Å². The smallest absolute Gasteiger partial charge is 0.315 e. The molecule has 2 aliphatic heterocycles. The van der Waals surface area contributed by atoms with Gasteiger partial charge in [-0.15, -0.1) is 0 Å². The summed E-state index contributed by atoms with van der Waals surface area (Å²) in [5.41, 5.74) is 1.000. The topological polar surface area (TPSA) is 66.1 Å². The van der Waals surface area contributed by atoms with Crippen LogP contribution < -0.4 is 20.1 Å². The van der Waals surface area contributed by atoms with Gasteiger partial charge in [-0.2, -0.15) is 0 Å². The summed E-state index contributed by atoms with van der Waals surface area (Å²) < 4.78 is 11.1. The number of benzene rings is 1. The Hall–Kier alpha value is -1.99. The van der Waals surface area contributed by atoms with Gasteiger partial charge in [0.2, 0.25) is 0 Å². The fourth-order valence-electron chi connectivity index (χ4n) is 3.18. The van der Waals surface area contributed by atoms with Crippen molar-refractivity contribution in [1.82, 2.24) is 20.4 Å². The summed E-state index contributed by atoms with van der Waals surface area (Å²) in [6.45, 7) is 8.07. The van der Waals surface area contributed by atoms with Crippen molar-refractivity contribution >= 4 is 6.03 Å². The molecule has 0 aliphatic carbocycles. The highest BCUT2D eigenvalue weighted by Crippen LogP contribution is 2.30. The minimum atomic E-state index is -0.125. The van der Waals surface area contributed by atoms with Gasteiger partial charge in [-0.25, -0.2) is 4.79 Å². The Labute approximate surface area is 155 Å². The SMILES string of the molecule is CN1CCN(CCCCNC(=O)NCc2ccc3c(c2)OCCO3)CC1. The van der Waals surface area contributed by atoms with Crippen molar-refractivity contribution in [2.24, 2.45) is 0 Å². The van der Waals surface area contributed by atoms with Gasteiger partial charge in [0.15, 0.2) is 11.5 Å². The van der Waals surface area contributed by atoms with Crippen LogP contribution in [0.3, 0.4) is 0 Å². The summed E-state index contributed by atoms with van der Waals surface area (Å²) in [4.78, 5) is 16.8. The molecular weight excluding hydrogens is 332 g/mol. The number of nitrogens with zero attached hydrogens (tertiary/aromatic N) is 2. The number of ether oxygens (including phenoxy) is 2. The van der Waals surface area contributed by atoms with Crippen molar-refractivity contribution in [1.29, 1.82) is 0 Å². The normalized spacial score (nSPS) is 17.7. The second-order valence-electron chi connectivity index (χ2n) is 6.94. The average Bonchev–Trinajstić information content (AvgIpc) is 2.67. The molecule has 7 nitrogen and oxygen atoms in total. The maximum absolute atomic E-state index is 11.9. The van der Waals surface area contributed by atoms with Gasteiger partial charge in [-0.3, -0.25) is 0 Å². The van der Waals surface area contributed by atoms with Gasteiger partial charge in [0.25, 0.3) is 0 Å². The number of nitrogens with one attached hydrogen (secondary N) is 2. The lowest BCUT2D eigenvalue weighted by Gasteiger charge is -2.32. The minimum absolute atomic E-state index is 0.125. The number of rotatable bonds is 7. The number of carbonyl (C=O) groups excluding carboxylic acids is 1. The summed E-state index contributed by atoms with van der Waals surface area (Å²) in [7, 11) is 2.17. The lowest BCUT2D eigenvalue weighted by molar-refractivity contribution is 0.152. The first-order valence-corrected chi connectivity index (χ1v) is 9.52. The highest BCUT2D eigenvalue weighted by molar-refractivity contribution is 5.73. The summed E-state index contributed by atoms with van der Waals surface area (Å²) in [6, 6.07) is 5.63. The molecule has 3 rings (SSSR count). The fraction of sp³-hybridized carbons (Fsp3) is 0.632. The van der Waals surface area contributed by atoms with Crippen molar-refractivity contribution in [3.8, 4) is 11.5 Å². The molecule has 2 amide bonds. The second kappa shape index (κ2) is 9.64. The Balaban J connectivity index is 1.26. The average molecular weight is 362 g/mol. The maximum atomic E-state index is 11.9. The monoisotopic (exact) mass is 362 g/mol. The Kier molecular flexibility index (Phi) is 6.96. The maximum Gasteiger partial charge on any atom is 0.315 e. The molecule has 0 unspecified atom stereocenters. The molecule has 0 aromatic heterocycles. The highest BCUT2D eigenvalue weighted by atomic mass is 16.6. The van der Waals surface area contributed by atoms with Crippen LogP contribution >= 0.6 is 0 Å². The summed E-state index contributed by atoms with van der Waals surface area (Å²) in [5, 5.41) is 5.82. The van der Waals surface area contributed by atoms with Crippen molar-refractivity contribution < 1.29 is 14.3 Å². The molecule has 0 radical (unpaired) electrons. The number of unbranched alkanes of at least 4 members (excludes halogenated alkanes) is 1. The van der Waals surface area contributed by atoms with Crippen LogP contribution in [0, 0.1) is 0 Å². The van der Waals surface area contributed by atoms with Crippen LogP contribution in [0.2, 0.25) is 0 Å². The predicted octanol–water partition coefficient (Wildman–Crippen LogP) is 1.28. The lowest BCUT2D eigenvalue weighted by Crippen LogP contribution is -2.44. The predicted molar refractivity (Wildman–Crippen MR) is 101 cm³/mol. The third-order valence-electron chi connectivity index (χ3n) is 4.84. The number of urea groups is 1. The first-order chi connectivity index (χ1) is 12.7. The molecule has 144 valence electrons. The largest absolute Gasteiger partial charge is 0.486 e. The van der Waals surface area contributed by atoms with E-state index in [1.165, 1.54) is 0 Å². The minimum Gasteiger partial charge on any atom is -0.486 e. The molecular formula is C19H30N4O3. The molecule has 2 aliphatic rings. The Morgan fingerprint density at radius 1 is 1.04 bits per heavy atom. The van der Waals surface area contributed by atoms with Crippen molar-refractivity contribution in [2.45, 2.75) is 19.4 Å². The summed E-state index contributed by atoms with van der Waals surface area (Å²) >= 11 is 0. The summed E-state index contributed by atoms with van der Waals surface area (Å²) in [6.07, 6.45) is 2.12. The molecule has 2 N–H and O–H groups in total. The van der Waals surface area contributed by atoms with Gasteiger partial charge in [0.1, 0.15) is 13.2 Å². The number of hydrogen-bond acceptors (Lipinski definition) is 5. The van der Waals surface area contributed by atoms with E-state index in [1.807, 2.05) is 18.2 Å². The number of amides is 2.